The summed E-state index contributed by atoms with van der Waals surface area (Å²) in [5.41, 5.74) is 1.94. The topological polar surface area (TPSA) is 66.9 Å². The van der Waals surface area contributed by atoms with Crippen LogP contribution in [0.25, 0.3) is 9.53 Å². The number of benzene rings is 2. The average Bonchev–Trinajstić information content (AvgIpc) is 3.52. The average molecular weight is 555 g/mol. The normalized spacial score (nSPS) is 16.8. The standard InChI is InChI=1S/C27H27ClN4O3S2/c28-18-1-7-21(8-2-18)35-22-9-11-31(12-10-22)20-5-3-19(4-6-20)29-25(33)23-17-24-26(36-23)30-27(37-24)32-13-15-34-16-14-32/h1-8,17,22H,9-16H2,(H,29,33). The third-order valence-corrected chi connectivity index (χ3v) is 9.10. The molecule has 4 heterocycles. The number of ether oxygens (including phenoxy) is 2. The number of aromatic nitrogens is 1. The summed E-state index contributed by atoms with van der Waals surface area (Å²) in [7, 11) is 0. The van der Waals surface area contributed by atoms with Gasteiger partial charge in [0.25, 0.3) is 5.91 Å². The number of nitrogens with one attached hydrogen (secondary N) is 1. The molecule has 0 aliphatic carbocycles. The SMILES string of the molecule is O=C(Nc1ccc(N2CCC(Oc3ccc(Cl)cc3)CC2)cc1)c1cc2sc(N3CCOCC3)nc2s1. The van der Waals surface area contributed by atoms with Crippen LogP contribution in [0.4, 0.5) is 16.5 Å². The molecule has 2 aliphatic heterocycles. The summed E-state index contributed by atoms with van der Waals surface area (Å²) in [6.07, 6.45) is 2.12. The second kappa shape index (κ2) is 10.9. The van der Waals surface area contributed by atoms with E-state index in [0.29, 0.717) is 9.90 Å². The van der Waals surface area contributed by atoms with Gasteiger partial charge < -0.3 is 24.6 Å². The van der Waals surface area contributed by atoms with Gasteiger partial charge in [-0.3, -0.25) is 4.79 Å². The molecule has 0 spiro atoms. The van der Waals surface area contributed by atoms with E-state index in [4.69, 9.17) is 26.1 Å². The minimum atomic E-state index is -0.101. The van der Waals surface area contributed by atoms with E-state index in [0.717, 1.165) is 84.0 Å². The number of rotatable bonds is 6. The number of nitrogens with zero attached hydrogens (tertiary/aromatic N) is 3. The molecular formula is C27H27ClN4O3S2. The summed E-state index contributed by atoms with van der Waals surface area (Å²) in [6, 6.07) is 17.6. The first-order valence-electron chi connectivity index (χ1n) is 12.4. The van der Waals surface area contributed by atoms with Gasteiger partial charge in [0.05, 0.1) is 22.8 Å². The fourth-order valence-corrected chi connectivity index (χ4v) is 6.90. The number of carbonyl (C=O) groups excluding carboxylic acids is 1. The van der Waals surface area contributed by atoms with Gasteiger partial charge in [-0.05, 0) is 54.6 Å². The number of amides is 1. The van der Waals surface area contributed by atoms with E-state index in [1.54, 1.807) is 11.3 Å². The molecule has 4 aromatic rings. The van der Waals surface area contributed by atoms with Gasteiger partial charge in [-0.1, -0.05) is 22.9 Å². The molecule has 2 aromatic heterocycles. The lowest BCUT2D eigenvalue weighted by Crippen LogP contribution is -2.38. The molecule has 7 nitrogen and oxygen atoms in total. The molecule has 0 saturated carbocycles. The first kappa shape index (κ1) is 24.5. The Bertz CT molecular complexity index is 1330. The number of halogens is 1. The quantitative estimate of drug-likeness (QED) is 0.308. The highest BCUT2D eigenvalue weighted by Gasteiger charge is 2.22. The van der Waals surface area contributed by atoms with Crippen molar-refractivity contribution in [2.75, 3.05) is 54.5 Å². The Kier molecular flexibility index (Phi) is 7.19. The van der Waals surface area contributed by atoms with Gasteiger partial charge >= 0.3 is 0 Å². The highest BCUT2D eigenvalue weighted by atomic mass is 35.5. The molecule has 0 radical (unpaired) electrons. The Hall–Kier alpha value is -2.85. The van der Waals surface area contributed by atoms with Crippen LogP contribution in [0, 0.1) is 0 Å². The second-order valence-electron chi connectivity index (χ2n) is 9.14. The second-order valence-corrected chi connectivity index (χ2v) is 11.6. The predicted molar refractivity (Wildman–Crippen MR) is 152 cm³/mol. The van der Waals surface area contributed by atoms with Crippen LogP contribution in [0.3, 0.4) is 0 Å². The molecule has 1 N–H and O–H groups in total. The van der Waals surface area contributed by atoms with Crippen LogP contribution >= 0.6 is 34.3 Å². The van der Waals surface area contributed by atoms with E-state index in [1.807, 2.05) is 42.5 Å². The van der Waals surface area contributed by atoms with E-state index in [1.165, 1.54) is 11.3 Å². The highest BCUT2D eigenvalue weighted by molar-refractivity contribution is 7.29. The lowest BCUT2D eigenvalue weighted by Gasteiger charge is -2.33. The highest BCUT2D eigenvalue weighted by Crippen LogP contribution is 2.35. The Morgan fingerprint density at radius 3 is 2.41 bits per heavy atom. The van der Waals surface area contributed by atoms with E-state index in [-0.39, 0.29) is 12.0 Å². The van der Waals surface area contributed by atoms with Crippen LogP contribution in [0.1, 0.15) is 22.5 Å². The summed E-state index contributed by atoms with van der Waals surface area (Å²) < 4.78 is 12.6. The van der Waals surface area contributed by atoms with Gasteiger partial charge in [0.1, 0.15) is 16.7 Å². The van der Waals surface area contributed by atoms with Crippen molar-refractivity contribution in [2.45, 2.75) is 18.9 Å². The molecule has 10 heteroatoms. The Labute approximate surface area is 228 Å². The van der Waals surface area contributed by atoms with Crippen molar-refractivity contribution in [3.05, 3.63) is 64.5 Å². The van der Waals surface area contributed by atoms with Crippen LogP contribution in [-0.4, -0.2) is 56.4 Å². The first-order valence-corrected chi connectivity index (χ1v) is 14.4. The fourth-order valence-electron chi connectivity index (χ4n) is 4.61. The molecule has 0 bridgehead atoms. The summed E-state index contributed by atoms with van der Waals surface area (Å²) in [4.78, 5) is 23.8. The van der Waals surface area contributed by atoms with Crippen LogP contribution in [0.2, 0.25) is 5.02 Å². The predicted octanol–water partition coefficient (Wildman–Crippen LogP) is 6.15. The molecule has 2 saturated heterocycles. The van der Waals surface area contributed by atoms with Gasteiger partial charge in [0.15, 0.2) is 5.13 Å². The fraction of sp³-hybridized carbons (Fsp3) is 0.333. The van der Waals surface area contributed by atoms with Crippen molar-refractivity contribution in [1.29, 1.82) is 0 Å². The van der Waals surface area contributed by atoms with Crippen molar-refractivity contribution in [3.63, 3.8) is 0 Å². The Balaban J connectivity index is 1.02. The number of morpholine rings is 1. The van der Waals surface area contributed by atoms with E-state index in [2.05, 4.69) is 27.2 Å². The van der Waals surface area contributed by atoms with Gasteiger partial charge in [-0.2, -0.15) is 0 Å². The third kappa shape index (κ3) is 5.70. The third-order valence-electron chi connectivity index (χ3n) is 6.63. The molecule has 0 unspecified atom stereocenters. The summed E-state index contributed by atoms with van der Waals surface area (Å²) >= 11 is 9.04. The molecule has 0 atom stereocenters. The molecule has 37 heavy (non-hydrogen) atoms. The van der Waals surface area contributed by atoms with Gasteiger partial charge in [-0.25, -0.2) is 4.98 Å². The number of thiazole rings is 1. The van der Waals surface area contributed by atoms with E-state index >= 15 is 0 Å². The van der Waals surface area contributed by atoms with Crippen LogP contribution in [0.5, 0.6) is 5.75 Å². The van der Waals surface area contributed by atoms with Crippen molar-refractivity contribution in [1.82, 2.24) is 4.98 Å². The van der Waals surface area contributed by atoms with Crippen molar-refractivity contribution in [3.8, 4) is 5.75 Å². The van der Waals surface area contributed by atoms with Crippen molar-refractivity contribution >= 4 is 66.2 Å². The largest absolute Gasteiger partial charge is 0.490 e. The van der Waals surface area contributed by atoms with Crippen molar-refractivity contribution in [2.24, 2.45) is 0 Å². The zero-order valence-electron chi connectivity index (χ0n) is 20.2. The summed E-state index contributed by atoms with van der Waals surface area (Å²) in [5.74, 6) is 0.762. The van der Waals surface area contributed by atoms with E-state index in [9.17, 15) is 4.79 Å². The number of carbonyl (C=O) groups is 1. The minimum absolute atomic E-state index is 0.101. The number of hydrogen-bond acceptors (Lipinski definition) is 8. The molecular weight excluding hydrogens is 528 g/mol. The van der Waals surface area contributed by atoms with Crippen LogP contribution in [0.15, 0.2) is 54.6 Å². The van der Waals surface area contributed by atoms with Crippen LogP contribution < -0.4 is 19.9 Å². The lowest BCUT2D eigenvalue weighted by atomic mass is 10.1. The maximum absolute atomic E-state index is 12.9. The number of fused-ring (bicyclic) bond motifs is 1. The lowest BCUT2D eigenvalue weighted by molar-refractivity contribution is 0.103. The summed E-state index contributed by atoms with van der Waals surface area (Å²) in [6.45, 7) is 5.04. The first-order chi connectivity index (χ1) is 18.1. The van der Waals surface area contributed by atoms with Crippen LogP contribution in [-0.2, 0) is 4.74 Å². The Morgan fingerprint density at radius 2 is 1.70 bits per heavy atom. The number of hydrogen-bond donors (Lipinski definition) is 1. The molecule has 1 amide bonds. The molecule has 192 valence electrons. The molecule has 2 fully saturated rings. The maximum atomic E-state index is 12.9. The van der Waals surface area contributed by atoms with Gasteiger partial charge in [-0.15, -0.1) is 11.3 Å². The molecule has 2 aliphatic rings. The van der Waals surface area contributed by atoms with Gasteiger partial charge in [0, 0.05) is 55.4 Å². The number of piperidine rings is 1. The zero-order valence-corrected chi connectivity index (χ0v) is 22.6. The Morgan fingerprint density at radius 1 is 0.973 bits per heavy atom. The summed E-state index contributed by atoms with van der Waals surface area (Å²) in [5, 5.41) is 4.75. The smallest absolute Gasteiger partial charge is 0.265 e. The maximum Gasteiger partial charge on any atom is 0.265 e. The number of anilines is 3. The van der Waals surface area contributed by atoms with Crippen molar-refractivity contribution < 1.29 is 14.3 Å². The molecule has 6 rings (SSSR count). The van der Waals surface area contributed by atoms with Gasteiger partial charge in [0.2, 0.25) is 0 Å². The van der Waals surface area contributed by atoms with E-state index < -0.39 is 0 Å². The zero-order chi connectivity index (χ0) is 25.2. The minimum Gasteiger partial charge on any atom is -0.490 e. The molecule has 2 aromatic carbocycles. The number of thiophene rings is 1. The monoisotopic (exact) mass is 554 g/mol.